The standard InChI is InChI=1S/C21H20N8O2S/c22-8-7-21(13-28(14-21)32(30,31)12-16-4-2-1-3-5-16)29-11-17(10-26-29)27-20-18-6-9-23-19(18)24-15-25-20/h1-6,9-11,15H,7,12-14H2,(H2,23,24,25,27). The first-order valence-corrected chi connectivity index (χ1v) is 11.6. The third-order valence-electron chi connectivity index (χ3n) is 5.62. The Morgan fingerprint density at radius 2 is 2.00 bits per heavy atom. The van der Waals surface area contributed by atoms with Gasteiger partial charge >= 0.3 is 0 Å². The number of nitrogens with one attached hydrogen (secondary N) is 2. The molecule has 0 unspecified atom stereocenters. The molecular formula is C21H20N8O2S. The minimum atomic E-state index is -3.49. The number of hydrogen-bond donors (Lipinski definition) is 2. The zero-order valence-electron chi connectivity index (χ0n) is 17.0. The molecule has 0 aliphatic carbocycles. The number of sulfonamides is 1. The van der Waals surface area contributed by atoms with Gasteiger partial charge in [0.1, 0.15) is 23.3 Å². The molecule has 1 aliphatic rings. The first kappa shape index (κ1) is 20.2. The van der Waals surface area contributed by atoms with E-state index in [0.29, 0.717) is 17.2 Å². The van der Waals surface area contributed by atoms with Gasteiger partial charge in [0.2, 0.25) is 10.0 Å². The average molecular weight is 449 g/mol. The minimum Gasteiger partial charge on any atom is -0.346 e. The van der Waals surface area contributed by atoms with Crippen molar-refractivity contribution in [2.75, 3.05) is 18.4 Å². The molecule has 1 saturated heterocycles. The Morgan fingerprint density at radius 1 is 1.19 bits per heavy atom. The van der Waals surface area contributed by atoms with Gasteiger partial charge in [0.25, 0.3) is 0 Å². The van der Waals surface area contributed by atoms with Crippen molar-refractivity contribution in [1.82, 2.24) is 29.0 Å². The SMILES string of the molecule is N#CCC1(n2cc(Nc3ncnc4[nH]ccc34)cn2)CN(S(=O)(=O)Cc2ccccc2)C1. The second kappa shape index (κ2) is 7.74. The maximum Gasteiger partial charge on any atom is 0.218 e. The molecule has 3 aromatic heterocycles. The Morgan fingerprint density at radius 3 is 2.78 bits per heavy atom. The van der Waals surface area contributed by atoms with E-state index in [2.05, 4.69) is 31.4 Å². The van der Waals surface area contributed by atoms with Gasteiger partial charge < -0.3 is 10.3 Å². The molecule has 4 heterocycles. The van der Waals surface area contributed by atoms with Crippen LogP contribution >= 0.6 is 0 Å². The van der Waals surface area contributed by atoms with Crippen molar-refractivity contribution in [3.8, 4) is 6.07 Å². The molecule has 5 rings (SSSR count). The van der Waals surface area contributed by atoms with Crippen LogP contribution in [-0.4, -0.2) is 50.5 Å². The van der Waals surface area contributed by atoms with Crippen LogP contribution < -0.4 is 5.32 Å². The maximum absolute atomic E-state index is 12.8. The fourth-order valence-electron chi connectivity index (χ4n) is 3.92. The van der Waals surface area contributed by atoms with E-state index >= 15 is 0 Å². The summed E-state index contributed by atoms with van der Waals surface area (Å²) in [4.78, 5) is 11.5. The molecule has 1 aliphatic heterocycles. The maximum atomic E-state index is 12.8. The molecule has 1 fully saturated rings. The predicted octanol–water partition coefficient (Wildman–Crippen LogP) is 2.35. The van der Waals surface area contributed by atoms with E-state index in [0.717, 1.165) is 10.9 Å². The molecule has 10 nitrogen and oxygen atoms in total. The highest BCUT2D eigenvalue weighted by molar-refractivity contribution is 7.88. The zero-order chi connectivity index (χ0) is 22.2. The first-order valence-electron chi connectivity index (χ1n) is 9.98. The fraction of sp³-hybridized carbons (Fsp3) is 0.238. The fourth-order valence-corrected chi connectivity index (χ4v) is 5.59. The molecule has 0 spiro atoms. The van der Waals surface area contributed by atoms with Gasteiger partial charge in [0.15, 0.2) is 0 Å². The van der Waals surface area contributed by atoms with Crippen molar-refractivity contribution in [1.29, 1.82) is 5.26 Å². The Labute approximate surface area is 184 Å². The highest BCUT2D eigenvalue weighted by atomic mass is 32.2. The van der Waals surface area contributed by atoms with Gasteiger partial charge in [0, 0.05) is 25.5 Å². The Balaban J connectivity index is 1.34. The Kier molecular flexibility index (Phi) is 4.88. The molecule has 0 bridgehead atoms. The number of nitriles is 1. The van der Waals surface area contributed by atoms with Gasteiger partial charge in [-0.05, 0) is 11.6 Å². The Hall–Kier alpha value is -3.75. The van der Waals surface area contributed by atoms with Gasteiger partial charge in [-0.3, -0.25) is 4.68 Å². The lowest BCUT2D eigenvalue weighted by Gasteiger charge is -2.47. The predicted molar refractivity (Wildman–Crippen MR) is 118 cm³/mol. The summed E-state index contributed by atoms with van der Waals surface area (Å²) in [6.07, 6.45) is 6.82. The second-order valence-corrected chi connectivity index (χ2v) is 9.80. The summed E-state index contributed by atoms with van der Waals surface area (Å²) < 4.78 is 28.8. The summed E-state index contributed by atoms with van der Waals surface area (Å²) in [6.45, 7) is 0.402. The van der Waals surface area contributed by atoms with E-state index in [9.17, 15) is 13.7 Å². The van der Waals surface area contributed by atoms with E-state index in [1.54, 1.807) is 35.4 Å². The number of rotatable bonds is 7. The summed E-state index contributed by atoms with van der Waals surface area (Å²) in [5.41, 5.74) is 1.44. The zero-order valence-corrected chi connectivity index (χ0v) is 17.8. The van der Waals surface area contributed by atoms with E-state index < -0.39 is 15.6 Å². The van der Waals surface area contributed by atoms with Crippen LogP contribution in [0.5, 0.6) is 0 Å². The van der Waals surface area contributed by atoms with Crippen LogP contribution in [0.25, 0.3) is 11.0 Å². The summed E-state index contributed by atoms with van der Waals surface area (Å²) in [6, 6.07) is 13.1. The van der Waals surface area contributed by atoms with E-state index in [1.165, 1.54) is 10.6 Å². The largest absolute Gasteiger partial charge is 0.346 e. The van der Waals surface area contributed by atoms with Gasteiger partial charge in [-0.2, -0.15) is 14.7 Å². The first-order chi connectivity index (χ1) is 15.5. The highest BCUT2D eigenvalue weighted by Gasteiger charge is 2.50. The van der Waals surface area contributed by atoms with Crippen molar-refractivity contribution >= 4 is 32.6 Å². The lowest BCUT2D eigenvalue weighted by molar-refractivity contribution is 0.0716. The van der Waals surface area contributed by atoms with Crippen LogP contribution in [0.4, 0.5) is 11.5 Å². The number of benzene rings is 1. The van der Waals surface area contributed by atoms with Crippen LogP contribution in [0.1, 0.15) is 12.0 Å². The normalized spacial score (nSPS) is 15.8. The summed E-state index contributed by atoms with van der Waals surface area (Å²) >= 11 is 0. The monoisotopic (exact) mass is 448 g/mol. The number of aromatic amines is 1. The van der Waals surface area contributed by atoms with Crippen LogP contribution in [-0.2, 0) is 21.3 Å². The number of nitrogens with zero attached hydrogens (tertiary/aromatic N) is 6. The molecular weight excluding hydrogens is 428 g/mol. The van der Waals surface area contributed by atoms with Crippen LogP contribution in [0.3, 0.4) is 0 Å². The molecule has 1 aromatic carbocycles. The molecule has 0 radical (unpaired) electrons. The lowest BCUT2D eigenvalue weighted by Crippen LogP contribution is -2.64. The van der Waals surface area contributed by atoms with E-state index in [-0.39, 0.29) is 25.3 Å². The average Bonchev–Trinajstić information content (AvgIpc) is 3.41. The van der Waals surface area contributed by atoms with Gasteiger partial charge in [-0.1, -0.05) is 30.3 Å². The molecule has 2 N–H and O–H groups in total. The molecule has 11 heteroatoms. The van der Waals surface area contributed by atoms with Crippen molar-refractivity contribution in [2.24, 2.45) is 0 Å². The highest BCUT2D eigenvalue weighted by Crippen LogP contribution is 2.36. The second-order valence-electron chi connectivity index (χ2n) is 7.83. The number of aromatic nitrogens is 5. The smallest absolute Gasteiger partial charge is 0.218 e. The topological polar surface area (TPSA) is 133 Å². The van der Waals surface area contributed by atoms with Gasteiger partial charge in [-0.15, -0.1) is 0 Å². The van der Waals surface area contributed by atoms with Crippen LogP contribution in [0.15, 0.2) is 61.3 Å². The number of hydrogen-bond acceptors (Lipinski definition) is 7. The molecule has 162 valence electrons. The number of H-pyrrole nitrogens is 1. The van der Waals surface area contributed by atoms with Crippen molar-refractivity contribution in [3.63, 3.8) is 0 Å². The number of anilines is 2. The van der Waals surface area contributed by atoms with Crippen LogP contribution in [0, 0.1) is 11.3 Å². The van der Waals surface area contributed by atoms with Crippen LogP contribution in [0.2, 0.25) is 0 Å². The summed E-state index contributed by atoms with van der Waals surface area (Å²) in [7, 11) is -3.49. The molecule has 4 aromatic rings. The molecule has 0 atom stereocenters. The van der Waals surface area contributed by atoms with Crippen molar-refractivity contribution in [2.45, 2.75) is 17.7 Å². The van der Waals surface area contributed by atoms with Gasteiger partial charge in [-0.25, -0.2) is 18.4 Å². The third kappa shape index (κ3) is 3.59. The quantitative estimate of drug-likeness (QED) is 0.443. The molecule has 0 amide bonds. The lowest BCUT2D eigenvalue weighted by atomic mass is 9.89. The van der Waals surface area contributed by atoms with Crippen molar-refractivity contribution < 1.29 is 8.42 Å². The Bertz CT molecular complexity index is 1400. The number of fused-ring (bicyclic) bond motifs is 1. The summed E-state index contributed by atoms with van der Waals surface area (Å²) in [5.74, 6) is 0.564. The van der Waals surface area contributed by atoms with E-state index in [4.69, 9.17) is 0 Å². The molecule has 32 heavy (non-hydrogen) atoms. The molecule has 0 saturated carbocycles. The minimum absolute atomic E-state index is 0.0667. The van der Waals surface area contributed by atoms with E-state index in [1.807, 2.05) is 24.3 Å². The van der Waals surface area contributed by atoms with Gasteiger partial charge in [0.05, 0.1) is 35.5 Å². The summed E-state index contributed by atoms with van der Waals surface area (Å²) in [5, 5.41) is 17.9. The van der Waals surface area contributed by atoms with Crippen molar-refractivity contribution in [3.05, 3.63) is 66.9 Å². The third-order valence-corrected chi connectivity index (χ3v) is 7.36.